The van der Waals surface area contributed by atoms with Crippen molar-refractivity contribution in [3.63, 3.8) is 0 Å². The molecule has 0 atom stereocenters. The number of aromatic nitrogens is 3. The highest BCUT2D eigenvalue weighted by molar-refractivity contribution is 5.76. The molecule has 0 radical (unpaired) electrons. The maximum atomic E-state index is 4.55. The van der Waals surface area contributed by atoms with Crippen LogP contribution in [0.5, 0.6) is 0 Å². The van der Waals surface area contributed by atoms with E-state index < -0.39 is 0 Å². The van der Waals surface area contributed by atoms with Gasteiger partial charge in [-0.15, -0.1) is 0 Å². The van der Waals surface area contributed by atoms with E-state index in [1.165, 1.54) is 0 Å². The largest absolute Gasteiger partial charge is 0.340 e. The predicted molar refractivity (Wildman–Crippen MR) is 81.1 cm³/mol. The van der Waals surface area contributed by atoms with E-state index in [-0.39, 0.29) is 0 Å². The van der Waals surface area contributed by atoms with E-state index in [0.717, 1.165) is 28.2 Å². The fraction of sp³-hybridized carbons (Fsp3) is 0.188. The predicted octanol–water partition coefficient (Wildman–Crippen LogP) is 3.89. The lowest BCUT2D eigenvalue weighted by Gasteiger charge is -2.09. The van der Waals surface area contributed by atoms with Gasteiger partial charge in [-0.3, -0.25) is 9.97 Å². The van der Waals surface area contributed by atoms with Gasteiger partial charge in [0.15, 0.2) is 0 Å². The van der Waals surface area contributed by atoms with Gasteiger partial charge in [-0.2, -0.15) is 0 Å². The number of fused-ring (bicyclic) bond motifs is 1. The number of hydrogen-bond donors (Lipinski definition) is 1. The van der Waals surface area contributed by atoms with Gasteiger partial charge in [0.2, 0.25) is 0 Å². The third kappa shape index (κ3) is 2.59. The molecule has 3 aromatic rings. The van der Waals surface area contributed by atoms with Gasteiger partial charge in [-0.25, -0.2) is 4.98 Å². The summed E-state index contributed by atoms with van der Waals surface area (Å²) in [4.78, 5) is 13.2. The average Bonchev–Trinajstić information content (AvgIpc) is 2.47. The lowest BCUT2D eigenvalue weighted by atomic mass is 10.1. The molecule has 20 heavy (non-hydrogen) atoms. The van der Waals surface area contributed by atoms with Crippen LogP contribution in [0.1, 0.15) is 25.5 Å². The Balaban J connectivity index is 1.90. The Hall–Kier alpha value is -2.49. The quantitative estimate of drug-likeness (QED) is 0.779. The number of rotatable bonds is 3. The van der Waals surface area contributed by atoms with Gasteiger partial charge < -0.3 is 5.32 Å². The third-order valence-corrected chi connectivity index (χ3v) is 3.10. The normalized spacial score (nSPS) is 10.9. The molecule has 0 amide bonds. The zero-order chi connectivity index (χ0) is 13.9. The van der Waals surface area contributed by atoms with Crippen molar-refractivity contribution in [3.8, 4) is 0 Å². The summed E-state index contributed by atoms with van der Waals surface area (Å²) in [7, 11) is 0. The van der Waals surface area contributed by atoms with Gasteiger partial charge in [0.1, 0.15) is 5.82 Å². The maximum absolute atomic E-state index is 4.55. The molecular weight excluding hydrogens is 248 g/mol. The molecule has 3 rings (SSSR count). The van der Waals surface area contributed by atoms with Crippen LogP contribution in [0.25, 0.3) is 11.0 Å². The van der Waals surface area contributed by atoms with Crippen LogP contribution in [0, 0.1) is 0 Å². The molecule has 0 aromatic carbocycles. The molecular formula is C16H16N4. The molecule has 4 heteroatoms. The van der Waals surface area contributed by atoms with Crippen molar-refractivity contribution in [2.45, 2.75) is 19.8 Å². The Morgan fingerprint density at radius 3 is 2.70 bits per heavy atom. The Morgan fingerprint density at radius 2 is 1.85 bits per heavy atom. The first kappa shape index (κ1) is 12.5. The zero-order valence-electron chi connectivity index (χ0n) is 11.5. The van der Waals surface area contributed by atoms with E-state index in [9.17, 15) is 0 Å². The number of anilines is 2. The van der Waals surface area contributed by atoms with Crippen LogP contribution < -0.4 is 5.32 Å². The third-order valence-electron chi connectivity index (χ3n) is 3.10. The highest BCUT2D eigenvalue weighted by Gasteiger charge is 2.03. The zero-order valence-corrected chi connectivity index (χ0v) is 11.5. The van der Waals surface area contributed by atoms with Crippen molar-refractivity contribution in [1.29, 1.82) is 0 Å². The van der Waals surface area contributed by atoms with Gasteiger partial charge in [0.05, 0.1) is 11.0 Å². The van der Waals surface area contributed by atoms with Gasteiger partial charge in [-0.1, -0.05) is 13.8 Å². The highest BCUT2D eigenvalue weighted by atomic mass is 15.0. The molecule has 100 valence electrons. The van der Waals surface area contributed by atoms with Gasteiger partial charge in [-0.05, 0) is 42.3 Å². The van der Waals surface area contributed by atoms with E-state index in [4.69, 9.17) is 0 Å². The molecule has 0 saturated carbocycles. The molecule has 0 unspecified atom stereocenters. The van der Waals surface area contributed by atoms with Crippen LogP contribution >= 0.6 is 0 Å². The molecule has 0 aliphatic rings. The second-order valence-corrected chi connectivity index (χ2v) is 4.99. The van der Waals surface area contributed by atoms with Crippen molar-refractivity contribution in [2.75, 3.05) is 5.32 Å². The minimum atomic E-state index is 0.408. The van der Waals surface area contributed by atoms with Crippen LogP contribution in [0.15, 0.2) is 48.8 Å². The molecule has 4 nitrogen and oxygen atoms in total. The van der Waals surface area contributed by atoms with Crippen LogP contribution in [0.3, 0.4) is 0 Å². The fourth-order valence-corrected chi connectivity index (χ4v) is 2.02. The molecule has 0 aliphatic heterocycles. The SMILES string of the molecule is CC(C)c1cc(Nc2ccc3ncccc3n2)ccn1. The summed E-state index contributed by atoms with van der Waals surface area (Å²) in [5.74, 6) is 1.22. The molecule has 3 heterocycles. The fourth-order valence-electron chi connectivity index (χ4n) is 2.02. The molecule has 0 aliphatic carbocycles. The van der Waals surface area contributed by atoms with Crippen molar-refractivity contribution in [3.05, 3.63) is 54.5 Å². The molecule has 0 bridgehead atoms. The topological polar surface area (TPSA) is 50.7 Å². The molecule has 3 aromatic heterocycles. The van der Waals surface area contributed by atoms with Crippen LogP contribution in [0.4, 0.5) is 11.5 Å². The monoisotopic (exact) mass is 264 g/mol. The summed E-state index contributed by atoms with van der Waals surface area (Å²) < 4.78 is 0. The molecule has 0 saturated heterocycles. The van der Waals surface area contributed by atoms with E-state index in [1.807, 2.05) is 36.5 Å². The number of hydrogen-bond acceptors (Lipinski definition) is 4. The Bertz CT molecular complexity index is 737. The smallest absolute Gasteiger partial charge is 0.131 e. The number of nitrogens with zero attached hydrogens (tertiary/aromatic N) is 3. The summed E-state index contributed by atoms with van der Waals surface area (Å²) in [6, 6.07) is 11.8. The lowest BCUT2D eigenvalue weighted by Crippen LogP contribution is -1.97. The maximum Gasteiger partial charge on any atom is 0.131 e. The number of pyridine rings is 3. The second kappa shape index (κ2) is 5.25. The van der Waals surface area contributed by atoms with Gasteiger partial charge in [0, 0.05) is 23.8 Å². The first-order valence-corrected chi connectivity index (χ1v) is 6.67. The van der Waals surface area contributed by atoms with Crippen molar-refractivity contribution >= 4 is 22.5 Å². The molecule has 0 spiro atoms. The first-order valence-electron chi connectivity index (χ1n) is 6.67. The van der Waals surface area contributed by atoms with E-state index in [1.54, 1.807) is 6.20 Å². The van der Waals surface area contributed by atoms with Gasteiger partial charge in [0.25, 0.3) is 0 Å². The highest BCUT2D eigenvalue weighted by Crippen LogP contribution is 2.20. The average molecular weight is 264 g/mol. The molecule has 0 fully saturated rings. The van der Waals surface area contributed by atoms with E-state index >= 15 is 0 Å². The standard InChI is InChI=1S/C16H16N4/c1-11(2)15-10-12(7-9-18-15)19-16-6-5-13-14(20-16)4-3-8-17-13/h3-11H,1-2H3,(H,18,19,20). The van der Waals surface area contributed by atoms with Crippen molar-refractivity contribution < 1.29 is 0 Å². The van der Waals surface area contributed by atoms with Gasteiger partial charge >= 0.3 is 0 Å². The second-order valence-electron chi connectivity index (χ2n) is 4.99. The van der Waals surface area contributed by atoms with E-state index in [0.29, 0.717) is 5.92 Å². The number of nitrogens with one attached hydrogen (secondary N) is 1. The summed E-state index contributed by atoms with van der Waals surface area (Å²) in [5, 5.41) is 3.31. The Morgan fingerprint density at radius 1 is 0.950 bits per heavy atom. The summed E-state index contributed by atoms with van der Waals surface area (Å²) in [5.41, 5.74) is 3.85. The minimum Gasteiger partial charge on any atom is -0.340 e. The van der Waals surface area contributed by atoms with Crippen molar-refractivity contribution in [1.82, 2.24) is 15.0 Å². The summed E-state index contributed by atoms with van der Waals surface area (Å²) in [6.07, 6.45) is 3.59. The first-order chi connectivity index (χ1) is 9.72. The minimum absolute atomic E-state index is 0.408. The molecule has 1 N–H and O–H groups in total. The Kier molecular flexibility index (Phi) is 3.29. The van der Waals surface area contributed by atoms with Crippen LogP contribution in [-0.4, -0.2) is 15.0 Å². The lowest BCUT2D eigenvalue weighted by molar-refractivity contribution is 0.823. The van der Waals surface area contributed by atoms with Crippen LogP contribution in [0.2, 0.25) is 0 Å². The van der Waals surface area contributed by atoms with Crippen molar-refractivity contribution in [2.24, 2.45) is 0 Å². The summed E-state index contributed by atoms with van der Waals surface area (Å²) >= 11 is 0. The Labute approximate surface area is 117 Å². The van der Waals surface area contributed by atoms with Crippen LogP contribution in [-0.2, 0) is 0 Å². The van der Waals surface area contributed by atoms with E-state index in [2.05, 4.69) is 40.2 Å². The summed E-state index contributed by atoms with van der Waals surface area (Å²) in [6.45, 7) is 4.26.